The molecule has 2 rings (SSSR count). The maximum atomic E-state index is 11.3. The molecule has 0 saturated heterocycles. The summed E-state index contributed by atoms with van der Waals surface area (Å²) in [6.07, 6.45) is 0.347. The van der Waals surface area contributed by atoms with E-state index in [2.05, 4.69) is 4.74 Å². The first-order chi connectivity index (χ1) is 10.2. The minimum atomic E-state index is -0.762. The summed E-state index contributed by atoms with van der Waals surface area (Å²) >= 11 is 0. The van der Waals surface area contributed by atoms with Gasteiger partial charge in [-0.1, -0.05) is 12.1 Å². The lowest BCUT2D eigenvalue weighted by atomic mass is 10.2. The first kappa shape index (κ1) is 15.3. The summed E-state index contributed by atoms with van der Waals surface area (Å²) in [7, 11) is 1.27. The number of hydrogen-bond donors (Lipinski definition) is 0. The molecule has 114 valence electrons. The number of fused-ring (bicyclic) bond motifs is 1. The van der Waals surface area contributed by atoms with Crippen molar-refractivity contribution in [3.8, 4) is 5.75 Å². The van der Waals surface area contributed by atoms with Crippen LogP contribution in [-0.2, 0) is 14.2 Å². The molecule has 0 spiro atoms. The van der Waals surface area contributed by atoms with Crippen molar-refractivity contribution in [2.45, 2.75) is 20.3 Å². The zero-order chi connectivity index (χ0) is 15.2. The van der Waals surface area contributed by atoms with Crippen LogP contribution in [0, 0.1) is 0 Å². The number of rotatable bonds is 6. The van der Waals surface area contributed by atoms with Crippen LogP contribution in [-0.4, -0.2) is 31.0 Å². The Labute approximate surface area is 123 Å². The molecule has 0 N–H and O–H groups in total. The van der Waals surface area contributed by atoms with Crippen LogP contribution in [0.2, 0.25) is 0 Å². The van der Waals surface area contributed by atoms with Crippen molar-refractivity contribution < 1.29 is 23.7 Å². The van der Waals surface area contributed by atoms with Gasteiger partial charge in [0.15, 0.2) is 5.75 Å². The number of methoxy groups -OCH3 is 1. The smallest absolute Gasteiger partial charge is 0.437 e. The molecule has 0 aliphatic rings. The third-order valence-electron chi connectivity index (χ3n) is 2.91. The predicted molar refractivity (Wildman–Crippen MR) is 77.3 cm³/mol. The van der Waals surface area contributed by atoms with E-state index < -0.39 is 12.6 Å². The van der Waals surface area contributed by atoms with Gasteiger partial charge >= 0.3 is 6.16 Å². The van der Waals surface area contributed by atoms with Gasteiger partial charge in [-0.3, -0.25) is 4.57 Å². The van der Waals surface area contributed by atoms with E-state index in [-0.39, 0.29) is 0 Å². The summed E-state index contributed by atoms with van der Waals surface area (Å²) in [6.45, 7) is 4.79. The van der Waals surface area contributed by atoms with Crippen LogP contribution in [0.1, 0.15) is 20.3 Å². The number of aromatic nitrogens is 1. The Hall–Kier alpha value is -2.05. The molecular formula is C15H19NO5. The summed E-state index contributed by atoms with van der Waals surface area (Å²) < 4.78 is 22.7. The molecule has 0 unspecified atom stereocenters. The fourth-order valence-corrected chi connectivity index (χ4v) is 2.05. The fourth-order valence-electron chi connectivity index (χ4n) is 2.05. The predicted octanol–water partition coefficient (Wildman–Crippen LogP) is 3.32. The Morgan fingerprint density at radius 3 is 2.48 bits per heavy atom. The van der Waals surface area contributed by atoms with Crippen LogP contribution >= 0.6 is 0 Å². The molecule has 0 amide bonds. The molecule has 0 atom stereocenters. The third-order valence-corrected chi connectivity index (χ3v) is 2.91. The Kier molecular flexibility index (Phi) is 5.19. The molecule has 0 radical (unpaired) electrons. The third kappa shape index (κ3) is 3.34. The quantitative estimate of drug-likeness (QED) is 0.604. The fraction of sp³-hybridized carbons (Fsp3) is 0.400. The average Bonchev–Trinajstić information content (AvgIpc) is 2.86. The lowest BCUT2D eigenvalue weighted by Crippen LogP contribution is -2.15. The molecule has 1 heterocycles. The van der Waals surface area contributed by atoms with Crippen molar-refractivity contribution >= 4 is 17.1 Å². The van der Waals surface area contributed by atoms with E-state index in [9.17, 15) is 4.79 Å². The highest BCUT2D eigenvalue weighted by Crippen LogP contribution is 2.31. The van der Waals surface area contributed by atoms with Crippen molar-refractivity contribution in [1.29, 1.82) is 0 Å². The van der Waals surface area contributed by atoms with Gasteiger partial charge in [0, 0.05) is 18.6 Å². The lowest BCUT2D eigenvalue weighted by Gasteiger charge is -2.19. The second-order valence-electron chi connectivity index (χ2n) is 4.19. The number of nitrogens with zero attached hydrogens (tertiary/aromatic N) is 1. The van der Waals surface area contributed by atoms with Crippen molar-refractivity contribution in [1.82, 2.24) is 4.57 Å². The Bertz CT molecular complexity index is 601. The van der Waals surface area contributed by atoms with Crippen LogP contribution < -0.4 is 4.74 Å². The van der Waals surface area contributed by atoms with Crippen molar-refractivity contribution in [2.24, 2.45) is 0 Å². The van der Waals surface area contributed by atoms with E-state index in [1.165, 1.54) is 7.11 Å². The van der Waals surface area contributed by atoms with Gasteiger partial charge in [0.25, 0.3) is 0 Å². The van der Waals surface area contributed by atoms with E-state index in [4.69, 9.17) is 14.2 Å². The Morgan fingerprint density at radius 1 is 1.19 bits per heavy atom. The molecule has 1 aromatic heterocycles. The van der Waals surface area contributed by atoms with Crippen molar-refractivity contribution in [3.63, 3.8) is 0 Å². The molecule has 0 bridgehead atoms. The molecular weight excluding hydrogens is 274 g/mol. The summed E-state index contributed by atoms with van der Waals surface area (Å²) in [5.41, 5.74) is 0.850. The van der Waals surface area contributed by atoms with Crippen LogP contribution in [0.15, 0.2) is 30.5 Å². The average molecular weight is 293 g/mol. The van der Waals surface area contributed by atoms with Gasteiger partial charge in [-0.25, -0.2) is 4.79 Å². The summed E-state index contributed by atoms with van der Waals surface area (Å²) in [5.74, 6) is 0.404. The van der Waals surface area contributed by atoms with Gasteiger partial charge in [-0.2, -0.15) is 0 Å². The highest BCUT2D eigenvalue weighted by atomic mass is 16.7. The van der Waals surface area contributed by atoms with Gasteiger partial charge in [0.1, 0.15) is 0 Å². The molecule has 6 heteroatoms. The molecule has 0 saturated carbocycles. The highest BCUT2D eigenvalue weighted by molar-refractivity contribution is 5.88. The van der Waals surface area contributed by atoms with Gasteiger partial charge in [0.05, 0.1) is 18.8 Å². The molecule has 0 fully saturated rings. The van der Waals surface area contributed by atoms with E-state index in [1.807, 2.05) is 38.1 Å². The van der Waals surface area contributed by atoms with Gasteiger partial charge in [-0.05, 0) is 26.0 Å². The van der Waals surface area contributed by atoms with Gasteiger partial charge in [-0.15, -0.1) is 0 Å². The molecule has 2 aromatic rings. The lowest BCUT2D eigenvalue weighted by molar-refractivity contribution is -0.183. The van der Waals surface area contributed by atoms with E-state index in [0.717, 1.165) is 10.9 Å². The second-order valence-corrected chi connectivity index (χ2v) is 4.19. The van der Waals surface area contributed by atoms with Gasteiger partial charge < -0.3 is 18.9 Å². The number of hydrogen-bond acceptors (Lipinski definition) is 5. The first-order valence-electron chi connectivity index (χ1n) is 6.79. The maximum absolute atomic E-state index is 11.3. The number of ether oxygens (including phenoxy) is 4. The standard InChI is InChI=1S/C15H19NO5/c1-4-19-14(20-5-2)16-10-13(21-15(17)18-3)11-8-6-7-9-12(11)16/h6-10,14H,4-5H2,1-3H3. The van der Waals surface area contributed by atoms with E-state index >= 15 is 0 Å². The summed E-state index contributed by atoms with van der Waals surface area (Å²) in [6, 6.07) is 7.53. The minimum Gasteiger partial charge on any atom is -0.437 e. The summed E-state index contributed by atoms with van der Waals surface area (Å²) in [4.78, 5) is 11.3. The highest BCUT2D eigenvalue weighted by Gasteiger charge is 2.19. The number of benzene rings is 1. The second kappa shape index (κ2) is 7.10. The zero-order valence-electron chi connectivity index (χ0n) is 12.4. The zero-order valence-corrected chi connectivity index (χ0v) is 12.4. The SMILES string of the molecule is CCOC(OCC)n1cc(OC(=O)OC)c2ccccc21. The first-order valence-corrected chi connectivity index (χ1v) is 6.79. The summed E-state index contributed by atoms with van der Waals surface area (Å²) in [5, 5.41) is 0.785. The molecule has 0 aliphatic carbocycles. The Balaban J connectivity index is 2.45. The molecule has 0 aliphatic heterocycles. The van der Waals surface area contributed by atoms with Gasteiger partial charge in [0.2, 0.25) is 6.41 Å². The normalized spacial score (nSPS) is 11.0. The molecule has 21 heavy (non-hydrogen) atoms. The monoisotopic (exact) mass is 293 g/mol. The largest absolute Gasteiger partial charge is 0.513 e. The number of carbonyl (C=O) groups excluding carboxylic acids is 1. The van der Waals surface area contributed by atoms with E-state index in [1.54, 1.807) is 10.8 Å². The number of para-hydroxylation sites is 1. The topological polar surface area (TPSA) is 58.9 Å². The van der Waals surface area contributed by atoms with Crippen LogP contribution in [0.5, 0.6) is 5.75 Å². The minimum absolute atomic E-state index is 0.404. The Morgan fingerprint density at radius 2 is 1.86 bits per heavy atom. The number of carbonyl (C=O) groups is 1. The van der Waals surface area contributed by atoms with Crippen LogP contribution in [0.4, 0.5) is 4.79 Å². The van der Waals surface area contributed by atoms with Crippen molar-refractivity contribution in [2.75, 3.05) is 20.3 Å². The van der Waals surface area contributed by atoms with E-state index in [0.29, 0.717) is 19.0 Å². The van der Waals surface area contributed by atoms with Crippen molar-refractivity contribution in [3.05, 3.63) is 30.5 Å². The van der Waals surface area contributed by atoms with Crippen LogP contribution in [0.3, 0.4) is 0 Å². The molecule has 1 aromatic carbocycles. The molecule has 6 nitrogen and oxygen atoms in total. The van der Waals surface area contributed by atoms with Crippen LogP contribution in [0.25, 0.3) is 10.9 Å². The maximum Gasteiger partial charge on any atom is 0.513 e.